The maximum atomic E-state index is 13.7. The summed E-state index contributed by atoms with van der Waals surface area (Å²) >= 11 is 1.28. The van der Waals surface area contributed by atoms with Gasteiger partial charge in [-0.1, -0.05) is 18.2 Å². The maximum Gasteiger partial charge on any atom is 0.484 e. The zero-order chi connectivity index (χ0) is 21.8. The van der Waals surface area contributed by atoms with Crippen LogP contribution < -0.4 is 10.2 Å². The second-order valence-corrected chi connectivity index (χ2v) is 8.17. The largest absolute Gasteiger partial charge is 0.484 e. The first kappa shape index (κ1) is 22.3. The van der Waals surface area contributed by atoms with Gasteiger partial charge in [-0.2, -0.15) is 13.2 Å². The maximum absolute atomic E-state index is 13.7. The minimum atomic E-state index is -4.60. The Kier molecular flexibility index (Phi) is 6.79. The molecule has 7 nitrogen and oxygen atoms in total. The Morgan fingerprint density at radius 3 is 2.63 bits per heavy atom. The highest BCUT2D eigenvalue weighted by atomic mass is 32.2. The zero-order valence-electron chi connectivity index (χ0n) is 16.1. The van der Waals surface area contributed by atoms with Crippen molar-refractivity contribution in [1.82, 2.24) is 10.2 Å². The fourth-order valence-corrected chi connectivity index (χ4v) is 4.59. The van der Waals surface area contributed by atoms with E-state index in [1.807, 2.05) is 0 Å². The molecule has 2 heterocycles. The van der Waals surface area contributed by atoms with Crippen LogP contribution in [0.15, 0.2) is 35.3 Å². The van der Waals surface area contributed by atoms with Crippen molar-refractivity contribution in [2.45, 2.75) is 43.7 Å². The number of benzene rings is 1. The lowest BCUT2D eigenvalue weighted by molar-refractivity contribution is -0.138. The molecule has 3 rings (SSSR count). The first-order valence-electron chi connectivity index (χ1n) is 9.55. The highest BCUT2D eigenvalue weighted by Crippen LogP contribution is 2.31. The summed E-state index contributed by atoms with van der Waals surface area (Å²) in [5, 5.41) is 11.8. The number of hydrogen-bond donors (Lipinski definition) is 2. The quantitative estimate of drug-likeness (QED) is 0.656. The number of nitrogens with zero attached hydrogens (tertiary/aromatic N) is 3. The Bertz CT molecular complexity index is 793. The normalized spacial score (nSPS) is 24.0. The van der Waals surface area contributed by atoms with Gasteiger partial charge < -0.3 is 15.3 Å². The number of urea groups is 1. The number of alkyl halides is 3. The number of nitrogens with one attached hydrogen (secondary N) is 1. The number of carbonyl (C=O) groups excluding carboxylic acids is 1. The molecule has 164 valence electrons. The molecule has 2 amide bonds. The molecule has 2 aliphatic rings. The number of anilines is 1. The Hall–Kier alpha value is -2.43. The number of carbonyl (C=O) groups is 2. The molecule has 0 spiro atoms. The number of thioether (sulfide) groups is 1. The topological polar surface area (TPSA) is 85.2 Å². The van der Waals surface area contributed by atoms with Gasteiger partial charge in [0.2, 0.25) is 0 Å². The minimum Gasteiger partial charge on any atom is -0.481 e. The predicted molar refractivity (Wildman–Crippen MR) is 109 cm³/mol. The van der Waals surface area contributed by atoms with E-state index in [1.165, 1.54) is 46.5 Å². The highest BCUT2D eigenvalue weighted by molar-refractivity contribution is 8.12. The number of carboxylic acids is 1. The van der Waals surface area contributed by atoms with Gasteiger partial charge in [-0.25, -0.2) is 4.79 Å². The number of carboxylic acid groups (broad SMARTS) is 1. The lowest BCUT2D eigenvalue weighted by atomic mass is 10.0. The van der Waals surface area contributed by atoms with Crippen molar-refractivity contribution < 1.29 is 27.9 Å². The Morgan fingerprint density at radius 2 is 2.03 bits per heavy atom. The van der Waals surface area contributed by atoms with E-state index >= 15 is 0 Å². The summed E-state index contributed by atoms with van der Waals surface area (Å²) in [7, 11) is 0. The lowest BCUT2D eigenvalue weighted by Crippen LogP contribution is -2.59. The fourth-order valence-electron chi connectivity index (χ4n) is 3.71. The number of aliphatic imine (C=N–C) groups is 1. The van der Waals surface area contributed by atoms with Crippen molar-refractivity contribution in [3.05, 3.63) is 30.3 Å². The van der Waals surface area contributed by atoms with Gasteiger partial charge in [0, 0.05) is 24.5 Å². The molecule has 2 atom stereocenters. The molecule has 1 fully saturated rings. The van der Waals surface area contributed by atoms with Crippen molar-refractivity contribution in [3.63, 3.8) is 0 Å². The summed E-state index contributed by atoms with van der Waals surface area (Å²) < 4.78 is 41.2. The summed E-state index contributed by atoms with van der Waals surface area (Å²) in [6.07, 6.45) is -3.18. The van der Waals surface area contributed by atoms with Gasteiger partial charge in [0.15, 0.2) is 5.66 Å². The van der Waals surface area contributed by atoms with Crippen LogP contribution in [0.1, 0.15) is 25.7 Å². The van der Waals surface area contributed by atoms with Crippen LogP contribution in [0.5, 0.6) is 0 Å². The molecule has 2 N–H and O–H groups in total. The van der Waals surface area contributed by atoms with Gasteiger partial charge in [0.25, 0.3) is 0 Å². The average Bonchev–Trinajstić information content (AvgIpc) is 3.13. The third kappa shape index (κ3) is 5.38. The summed E-state index contributed by atoms with van der Waals surface area (Å²) in [4.78, 5) is 30.0. The number of hydrogen-bond acceptors (Lipinski definition) is 5. The number of halogens is 3. The number of piperidine rings is 1. The smallest absolute Gasteiger partial charge is 0.481 e. The summed E-state index contributed by atoms with van der Waals surface area (Å²) in [6.45, 7) is -0.0954. The first-order chi connectivity index (χ1) is 14.2. The van der Waals surface area contributed by atoms with E-state index in [1.54, 1.807) is 6.07 Å². The monoisotopic (exact) mass is 444 g/mol. The van der Waals surface area contributed by atoms with Gasteiger partial charge in [0.05, 0.1) is 18.0 Å². The molecule has 1 saturated heterocycles. The lowest BCUT2D eigenvalue weighted by Gasteiger charge is -2.41. The van der Waals surface area contributed by atoms with Crippen LogP contribution >= 0.6 is 11.8 Å². The van der Waals surface area contributed by atoms with E-state index in [4.69, 9.17) is 5.11 Å². The van der Waals surface area contributed by atoms with E-state index in [2.05, 4.69) is 10.3 Å². The van der Waals surface area contributed by atoms with Crippen LogP contribution in [0.3, 0.4) is 0 Å². The Balaban J connectivity index is 1.77. The van der Waals surface area contributed by atoms with Crippen molar-refractivity contribution in [1.29, 1.82) is 0 Å². The first-order valence-corrected chi connectivity index (χ1v) is 10.6. The van der Waals surface area contributed by atoms with Gasteiger partial charge in [0.1, 0.15) is 0 Å². The van der Waals surface area contributed by atoms with E-state index < -0.39 is 36.6 Å². The van der Waals surface area contributed by atoms with Crippen molar-refractivity contribution in [3.8, 4) is 0 Å². The fraction of sp³-hybridized carbons (Fsp3) is 0.526. The molecule has 1 aromatic rings. The predicted octanol–water partition coefficient (Wildman–Crippen LogP) is 3.52. The zero-order valence-corrected chi connectivity index (χ0v) is 17.0. The summed E-state index contributed by atoms with van der Waals surface area (Å²) in [5.74, 6) is -0.847. The Morgan fingerprint density at radius 1 is 1.30 bits per heavy atom. The third-order valence-corrected chi connectivity index (χ3v) is 6.03. The van der Waals surface area contributed by atoms with Gasteiger partial charge >= 0.3 is 18.3 Å². The molecule has 0 saturated carbocycles. The second kappa shape index (κ2) is 9.15. The van der Waals surface area contributed by atoms with Gasteiger partial charge in [-0.3, -0.25) is 14.7 Å². The van der Waals surface area contributed by atoms with Gasteiger partial charge in [-0.15, -0.1) is 11.8 Å². The van der Waals surface area contributed by atoms with Crippen molar-refractivity contribution in [2.75, 3.05) is 23.7 Å². The average molecular weight is 444 g/mol. The summed E-state index contributed by atoms with van der Waals surface area (Å²) in [6, 6.07) is 6.22. The molecule has 11 heteroatoms. The van der Waals surface area contributed by atoms with Crippen LogP contribution in [-0.4, -0.2) is 64.4 Å². The Labute approximate surface area is 176 Å². The summed E-state index contributed by atoms with van der Waals surface area (Å²) in [5.41, 5.74) is 0.214. The van der Waals surface area contributed by atoms with E-state index in [9.17, 15) is 22.8 Å². The van der Waals surface area contributed by atoms with Crippen molar-refractivity contribution in [2.24, 2.45) is 4.99 Å². The number of aliphatic carboxylic acids is 1. The number of likely N-dealkylation sites (tertiary alicyclic amines) is 1. The standard InChI is InChI=1S/C19H23F3N4O3S/c20-19(21,22)26(14-6-2-1-3-7-14)11-15-8-4-5-9-25(15)17(29)24-18(10-16(27)28)12-30-13-23-18/h1-3,6-7,13,15H,4-5,8-12H2,(H,24,29)(H,27,28). The number of rotatable bonds is 6. The van der Waals surface area contributed by atoms with E-state index in [-0.39, 0.29) is 17.9 Å². The van der Waals surface area contributed by atoms with E-state index in [0.717, 1.165) is 0 Å². The molecule has 2 unspecified atom stereocenters. The minimum absolute atomic E-state index is 0.00933. The molecule has 2 aliphatic heterocycles. The molecule has 1 aromatic carbocycles. The molecule has 0 aromatic heterocycles. The van der Waals surface area contributed by atoms with Gasteiger partial charge in [-0.05, 0) is 31.4 Å². The van der Waals surface area contributed by atoms with Crippen LogP contribution in [0.4, 0.5) is 23.7 Å². The molecule has 0 aliphatic carbocycles. The van der Waals surface area contributed by atoms with Crippen LogP contribution in [0, 0.1) is 0 Å². The molecule has 0 bridgehead atoms. The van der Waals surface area contributed by atoms with Crippen LogP contribution in [-0.2, 0) is 4.79 Å². The molecular weight excluding hydrogens is 421 g/mol. The molecular formula is C19H23F3N4O3S. The van der Waals surface area contributed by atoms with Crippen LogP contribution in [0.25, 0.3) is 0 Å². The molecule has 0 radical (unpaired) electrons. The SMILES string of the molecule is O=C(O)CC1(NC(=O)N2CCCCC2CN(c2ccccc2)C(F)(F)F)CSC=N1. The second-order valence-electron chi connectivity index (χ2n) is 7.33. The molecule has 30 heavy (non-hydrogen) atoms. The van der Waals surface area contributed by atoms with E-state index in [0.29, 0.717) is 30.7 Å². The number of para-hydroxylation sites is 1. The van der Waals surface area contributed by atoms with Crippen molar-refractivity contribution >= 4 is 35.0 Å². The third-order valence-electron chi connectivity index (χ3n) is 5.14. The number of amides is 2. The highest BCUT2D eigenvalue weighted by Gasteiger charge is 2.43. The van der Waals surface area contributed by atoms with Crippen LogP contribution in [0.2, 0.25) is 0 Å².